The fourth-order valence-corrected chi connectivity index (χ4v) is 3.04. The predicted octanol–water partition coefficient (Wildman–Crippen LogP) is 2.85. The van der Waals surface area contributed by atoms with Gasteiger partial charge in [-0.25, -0.2) is 4.39 Å². The first-order valence-electron chi connectivity index (χ1n) is 8.94. The second kappa shape index (κ2) is 7.90. The van der Waals surface area contributed by atoms with E-state index < -0.39 is 17.4 Å². The van der Waals surface area contributed by atoms with Gasteiger partial charge in [-0.05, 0) is 38.1 Å². The van der Waals surface area contributed by atoms with E-state index in [0.717, 1.165) is 0 Å². The monoisotopic (exact) mass is 399 g/mol. The van der Waals surface area contributed by atoms with Crippen molar-refractivity contribution in [3.05, 3.63) is 53.8 Å². The molecule has 1 N–H and O–H groups in total. The minimum absolute atomic E-state index is 0.195. The summed E-state index contributed by atoms with van der Waals surface area (Å²) in [5, 5.41) is 2.75. The van der Waals surface area contributed by atoms with Gasteiger partial charge in [-0.15, -0.1) is 0 Å². The number of carbonyl (C=O) groups is 2. The Morgan fingerprint density at radius 2 is 1.69 bits per heavy atom. The summed E-state index contributed by atoms with van der Waals surface area (Å²) in [6.07, 6.45) is 0. The lowest BCUT2D eigenvalue weighted by Gasteiger charge is -2.28. The highest BCUT2D eigenvalue weighted by Gasteiger charge is 2.41. The number of halogens is 1. The molecule has 0 aliphatic carbocycles. The number of benzene rings is 2. The van der Waals surface area contributed by atoms with Crippen molar-refractivity contribution in [1.29, 1.82) is 0 Å². The Morgan fingerprint density at radius 3 is 2.24 bits per heavy atom. The molecule has 152 valence electrons. The molecule has 0 bridgehead atoms. The number of nitrogens with zero attached hydrogens (tertiary/aromatic N) is 2. The standard InChI is InChI=1S/C21H22FN3O4/c1-21(2)24-19(13-5-7-14(22)8-6-13)20(27)25(21)12-18(26)23-15-9-16(28-3)11-17(10-15)29-4/h5-11H,12H2,1-4H3,(H,23,26). The van der Waals surface area contributed by atoms with Crippen LogP contribution in [0.25, 0.3) is 0 Å². The highest BCUT2D eigenvalue weighted by Crippen LogP contribution is 2.28. The van der Waals surface area contributed by atoms with Crippen molar-refractivity contribution in [3.8, 4) is 11.5 Å². The van der Waals surface area contributed by atoms with E-state index in [1.807, 2.05) is 0 Å². The molecule has 1 heterocycles. The maximum atomic E-state index is 13.2. The molecular formula is C21H22FN3O4. The summed E-state index contributed by atoms with van der Waals surface area (Å²) < 4.78 is 23.6. The first-order chi connectivity index (χ1) is 13.7. The van der Waals surface area contributed by atoms with Crippen molar-refractivity contribution in [2.24, 2.45) is 4.99 Å². The summed E-state index contributed by atoms with van der Waals surface area (Å²) in [7, 11) is 3.03. The summed E-state index contributed by atoms with van der Waals surface area (Å²) in [5.74, 6) is -0.125. The van der Waals surface area contributed by atoms with E-state index in [1.54, 1.807) is 32.0 Å². The number of hydrogen-bond donors (Lipinski definition) is 1. The number of rotatable bonds is 6. The number of amides is 2. The van der Waals surface area contributed by atoms with Crippen LogP contribution in [0.4, 0.5) is 10.1 Å². The number of carbonyl (C=O) groups excluding carboxylic acids is 2. The molecule has 0 spiro atoms. The molecule has 2 aromatic rings. The predicted molar refractivity (Wildman–Crippen MR) is 107 cm³/mol. The maximum absolute atomic E-state index is 13.2. The van der Waals surface area contributed by atoms with E-state index in [2.05, 4.69) is 10.3 Å². The second-order valence-corrected chi connectivity index (χ2v) is 7.00. The lowest BCUT2D eigenvalue weighted by molar-refractivity contribution is -0.131. The van der Waals surface area contributed by atoms with Crippen molar-refractivity contribution in [2.75, 3.05) is 26.1 Å². The third-order valence-corrected chi connectivity index (χ3v) is 4.55. The number of anilines is 1. The number of methoxy groups -OCH3 is 2. The minimum atomic E-state index is -0.912. The molecule has 0 saturated heterocycles. The van der Waals surface area contributed by atoms with E-state index in [1.165, 1.54) is 43.4 Å². The van der Waals surface area contributed by atoms with Crippen LogP contribution in [0, 0.1) is 5.82 Å². The van der Waals surface area contributed by atoms with Gasteiger partial charge in [0.2, 0.25) is 5.91 Å². The second-order valence-electron chi connectivity index (χ2n) is 7.00. The van der Waals surface area contributed by atoms with Gasteiger partial charge >= 0.3 is 0 Å². The van der Waals surface area contributed by atoms with Gasteiger partial charge in [-0.3, -0.25) is 14.6 Å². The molecule has 7 nitrogen and oxygen atoms in total. The first-order valence-corrected chi connectivity index (χ1v) is 8.94. The topological polar surface area (TPSA) is 80.2 Å². The first kappa shape index (κ1) is 20.3. The molecule has 1 aliphatic heterocycles. The van der Waals surface area contributed by atoms with Gasteiger partial charge in [0.15, 0.2) is 0 Å². The van der Waals surface area contributed by atoms with Gasteiger partial charge in [0, 0.05) is 29.4 Å². The molecule has 29 heavy (non-hydrogen) atoms. The zero-order chi connectivity index (χ0) is 21.2. The smallest absolute Gasteiger partial charge is 0.275 e. The van der Waals surface area contributed by atoms with E-state index in [9.17, 15) is 14.0 Å². The van der Waals surface area contributed by atoms with Crippen molar-refractivity contribution < 1.29 is 23.5 Å². The molecule has 0 radical (unpaired) electrons. The van der Waals surface area contributed by atoms with Crippen LogP contribution < -0.4 is 14.8 Å². The van der Waals surface area contributed by atoms with Crippen molar-refractivity contribution in [2.45, 2.75) is 19.5 Å². The number of nitrogens with one attached hydrogen (secondary N) is 1. The van der Waals surface area contributed by atoms with Gasteiger partial charge < -0.3 is 19.7 Å². The van der Waals surface area contributed by atoms with Crippen molar-refractivity contribution in [3.63, 3.8) is 0 Å². The Morgan fingerprint density at radius 1 is 1.10 bits per heavy atom. The zero-order valence-electron chi connectivity index (χ0n) is 16.7. The fraction of sp³-hybridized carbons (Fsp3) is 0.286. The third kappa shape index (κ3) is 4.37. The van der Waals surface area contributed by atoms with Crippen LogP contribution in [0.5, 0.6) is 11.5 Å². The third-order valence-electron chi connectivity index (χ3n) is 4.55. The molecular weight excluding hydrogens is 377 g/mol. The fourth-order valence-electron chi connectivity index (χ4n) is 3.04. The molecule has 1 aliphatic rings. The Kier molecular flexibility index (Phi) is 5.54. The average Bonchev–Trinajstić information content (AvgIpc) is 2.91. The van der Waals surface area contributed by atoms with E-state index >= 15 is 0 Å². The van der Waals surface area contributed by atoms with Gasteiger partial charge in [-0.1, -0.05) is 0 Å². The largest absolute Gasteiger partial charge is 0.497 e. The van der Waals surface area contributed by atoms with Gasteiger partial charge in [0.25, 0.3) is 5.91 Å². The highest BCUT2D eigenvalue weighted by molar-refractivity contribution is 6.47. The van der Waals surface area contributed by atoms with Crippen LogP contribution in [-0.4, -0.2) is 48.9 Å². The van der Waals surface area contributed by atoms with Crippen molar-refractivity contribution in [1.82, 2.24) is 4.90 Å². The SMILES string of the molecule is COc1cc(NC(=O)CN2C(=O)C(c3ccc(F)cc3)=NC2(C)C)cc(OC)c1. The summed E-state index contributed by atoms with van der Waals surface area (Å²) in [6.45, 7) is 3.28. The van der Waals surface area contributed by atoms with Crippen LogP contribution >= 0.6 is 0 Å². The maximum Gasteiger partial charge on any atom is 0.275 e. The highest BCUT2D eigenvalue weighted by atomic mass is 19.1. The zero-order valence-corrected chi connectivity index (χ0v) is 16.7. The summed E-state index contributed by atoms with van der Waals surface area (Å²) in [4.78, 5) is 31.3. The lowest BCUT2D eigenvalue weighted by Crippen LogP contribution is -2.46. The summed E-state index contributed by atoms with van der Waals surface area (Å²) in [6, 6.07) is 10.5. The van der Waals surface area contributed by atoms with Gasteiger partial charge in [0.05, 0.1) is 14.2 Å². The Labute approximate surface area is 168 Å². The number of hydrogen-bond acceptors (Lipinski definition) is 5. The van der Waals surface area contributed by atoms with Crippen LogP contribution in [0.3, 0.4) is 0 Å². The van der Waals surface area contributed by atoms with Crippen molar-refractivity contribution >= 4 is 23.2 Å². The minimum Gasteiger partial charge on any atom is -0.497 e. The molecule has 3 rings (SSSR count). The van der Waals surface area contributed by atoms with Crippen LogP contribution in [0.2, 0.25) is 0 Å². The van der Waals surface area contributed by atoms with E-state index in [0.29, 0.717) is 22.7 Å². The molecule has 0 aromatic heterocycles. The van der Waals surface area contributed by atoms with Gasteiger partial charge in [0.1, 0.15) is 35.2 Å². The van der Waals surface area contributed by atoms with E-state index in [-0.39, 0.29) is 18.2 Å². The molecule has 2 amide bonds. The number of ether oxygens (including phenoxy) is 2. The molecule has 0 unspecified atom stereocenters. The summed E-state index contributed by atoms with van der Waals surface area (Å²) >= 11 is 0. The molecule has 0 atom stereocenters. The summed E-state index contributed by atoms with van der Waals surface area (Å²) in [5.41, 5.74) is 0.274. The quantitative estimate of drug-likeness (QED) is 0.810. The lowest BCUT2D eigenvalue weighted by atomic mass is 10.1. The molecule has 2 aromatic carbocycles. The van der Waals surface area contributed by atoms with Gasteiger partial charge in [-0.2, -0.15) is 0 Å². The Bertz CT molecular complexity index is 948. The Balaban J connectivity index is 1.75. The van der Waals surface area contributed by atoms with Crippen LogP contribution in [0.15, 0.2) is 47.5 Å². The van der Waals surface area contributed by atoms with Crippen LogP contribution in [0.1, 0.15) is 19.4 Å². The molecule has 8 heteroatoms. The van der Waals surface area contributed by atoms with E-state index in [4.69, 9.17) is 9.47 Å². The average molecular weight is 399 g/mol. The Hall–Kier alpha value is -3.42. The molecule has 0 saturated carbocycles. The van der Waals surface area contributed by atoms with Crippen LogP contribution in [-0.2, 0) is 9.59 Å². The molecule has 0 fully saturated rings. The normalized spacial score (nSPS) is 15.1. The number of aliphatic imine (C=N–C) groups is 1.